The van der Waals surface area contributed by atoms with E-state index in [0.29, 0.717) is 6.10 Å². The van der Waals surface area contributed by atoms with E-state index in [2.05, 4.69) is 31.2 Å². The van der Waals surface area contributed by atoms with Crippen LogP contribution in [0.4, 0.5) is 11.4 Å². The maximum atomic E-state index is 6.87. The molecular formula is C26H32N2O4. The van der Waals surface area contributed by atoms with E-state index in [1.807, 2.05) is 6.07 Å². The van der Waals surface area contributed by atoms with Crippen LogP contribution in [0.25, 0.3) is 0 Å². The number of anilines is 2. The molecule has 6 nitrogen and oxygen atoms in total. The smallest absolute Gasteiger partial charge is 0.0851 e. The summed E-state index contributed by atoms with van der Waals surface area (Å²) in [5.74, 6) is 0. The van der Waals surface area contributed by atoms with Gasteiger partial charge in [-0.25, -0.2) is 0 Å². The first-order chi connectivity index (χ1) is 15.5. The molecule has 6 heteroatoms. The van der Waals surface area contributed by atoms with E-state index in [0.717, 1.165) is 63.5 Å². The molecule has 4 heterocycles. The second-order valence-corrected chi connectivity index (χ2v) is 9.95. The van der Waals surface area contributed by atoms with Gasteiger partial charge in [-0.05, 0) is 59.7 Å². The molecular weight excluding hydrogens is 404 g/mol. The topological polar surface area (TPSA) is 102 Å². The van der Waals surface area contributed by atoms with E-state index < -0.39 is 0 Å². The van der Waals surface area contributed by atoms with Gasteiger partial charge in [0.15, 0.2) is 0 Å². The first kappa shape index (κ1) is 20.5. The van der Waals surface area contributed by atoms with E-state index >= 15 is 0 Å². The summed E-state index contributed by atoms with van der Waals surface area (Å²) in [7, 11) is 0. The Kier molecular flexibility index (Phi) is 4.95. The van der Waals surface area contributed by atoms with Crippen LogP contribution in [-0.4, -0.2) is 50.8 Å². The van der Waals surface area contributed by atoms with E-state index in [4.69, 9.17) is 30.4 Å². The van der Waals surface area contributed by atoms with Crippen molar-refractivity contribution in [2.24, 2.45) is 0 Å². The summed E-state index contributed by atoms with van der Waals surface area (Å²) in [6.07, 6.45) is 4.59. The molecule has 4 fully saturated rings. The minimum absolute atomic E-state index is 0.248. The Hall–Kier alpha value is -2.12. The van der Waals surface area contributed by atoms with Crippen LogP contribution in [0.3, 0.4) is 0 Å². The number of nitrogen functional groups attached to an aromatic ring is 2. The molecule has 0 spiro atoms. The van der Waals surface area contributed by atoms with Gasteiger partial charge in [0.2, 0.25) is 0 Å². The van der Waals surface area contributed by atoms with Gasteiger partial charge in [-0.3, -0.25) is 0 Å². The maximum absolute atomic E-state index is 6.87. The van der Waals surface area contributed by atoms with Gasteiger partial charge >= 0.3 is 0 Å². The van der Waals surface area contributed by atoms with Gasteiger partial charge < -0.3 is 30.4 Å². The summed E-state index contributed by atoms with van der Waals surface area (Å²) in [5, 5.41) is 0. The lowest BCUT2D eigenvalue weighted by Gasteiger charge is -2.38. The molecule has 0 saturated carbocycles. The van der Waals surface area contributed by atoms with Crippen LogP contribution >= 0.6 is 0 Å². The van der Waals surface area contributed by atoms with Gasteiger partial charge in [-0.15, -0.1) is 0 Å². The molecule has 4 atom stereocenters. The third kappa shape index (κ3) is 4.13. The maximum Gasteiger partial charge on any atom is 0.0851 e. The molecule has 4 aliphatic heterocycles. The monoisotopic (exact) mass is 436 g/mol. The summed E-state index contributed by atoms with van der Waals surface area (Å²) < 4.78 is 22.8. The quantitative estimate of drug-likeness (QED) is 0.439. The summed E-state index contributed by atoms with van der Waals surface area (Å²) >= 11 is 0. The Morgan fingerprint density at radius 3 is 2.00 bits per heavy atom. The number of epoxide rings is 4. The Bertz CT molecular complexity index is 1010. The van der Waals surface area contributed by atoms with E-state index in [1.165, 1.54) is 27.8 Å². The highest BCUT2D eigenvalue weighted by Gasteiger charge is 2.47. The lowest BCUT2D eigenvalue weighted by atomic mass is 9.65. The number of rotatable bonds is 10. The molecule has 0 aromatic heterocycles. The molecule has 6 rings (SSSR count). The summed E-state index contributed by atoms with van der Waals surface area (Å²) in [6.45, 7) is 5.39. The first-order valence-corrected chi connectivity index (χ1v) is 11.8. The van der Waals surface area contributed by atoms with Crippen molar-refractivity contribution in [1.29, 1.82) is 0 Å². The van der Waals surface area contributed by atoms with E-state index in [-0.39, 0.29) is 23.7 Å². The van der Waals surface area contributed by atoms with Gasteiger partial charge in [0.25, 0.3) is 0 Å². The minimum Gasteiger partial charge on any atom is -0.399 e. The molecule has 170 valence electrons. The number of hydrogen-bond acceptors (Lipinski definition) is 6. The zero-order valence-corrected chi connectivity index (χ0v) is 18.6. The predicted octanol–water partition coefficient (Wildman–Crippen LogP) is 2.91. The van der Waals surface area contributed by atoms with Crippen molar-refractivity contribution < 1.29 is 18.9 Å². The van der Waals surface area contributed by atoms with Crippen LogP contribution in [0.5, 0.6) is 0 Å². The largest absolute Gasteiger partial charge is 0.399 e. The van der Waals surface area contributed by atoms with Crippen molar-refractivity contribution in [2.45, 2.75) is 62.4 Å². The Labute approximate surface area is 189 Å². The van der Waals surface area contributed by atoms with Crippen LogP contribution in [0.2, 0.25) is 0 Å². The van der Waals surface area contributed by atoms with Crippen molar-refractivity contribution in [1.82, 2.24) is 0 Å². The van der Waals surface area contributed by atoms with Crippen LogP contribution in [-0.2, 0) is 37.2 Å². The highest BCUT2D eigenvalue weighted by Crippen LogP contribution is 2.49. The number of ether oxygens (including phenoxy) is 4. The SMILES string of the molecule is Cc1c(CC2CO2)cc(C(CC2CO2)(CC2CO2)c2cccc(N)c2)c(CC2CO2)c1N. The van der Waals surface area contributed by atoms with Crippen molar-refractivity contribution in [3.05, 3.63) is 58.1 Å². The van der Waals surface area contributed by atoms with Crippen molar-refractivity contribution >= 4 is 11.4 Å². The molecule has 2 aromatic rings. The first-order valence-electron chi connectivity index (χ1n) is 11.8. The van der Waals surface area contributed by atoms with Crippen molar-refractivity contribution in [3.8, 4) is 0 Å². The highest BCUT2D eigenvalue weighted by molar-refractivity contribution is 5.64. The lowest BCUT2D eigenvalue weighted by molar-refractivity contribution is 0.298. The zero-order valence-electron chi connectivity index (χ0n) is 18.6. The molecule has 0 radical (unpaired) electrons. The fraction of sp³-hybridized carbons (Fsp3) is 0.538. The number of hydrogen-bond donors (Lipinski definition) is 2. The molecule has 2 aromatic carbocycles. The van der Waals surface area contributed by atoms with Crippen molar-refractivity contribution in [2.75, 3.05) is 37.9 Å². The van der Waals surface area contributed by atoms with Gasteiger partial charge in [-0.1, -0.05) is 18.2 Å². The second kappa shape index (κ2) is 7.73. The van der Waals surface area contributed by atoms with Gasteiger partial charge in [-0.2, -0.15) is 0 Å². The average Bonchev–Trinajstić information content (AvgIpc) is 3.61. The number of benzene rings is 2. The molecule has 0 aliphatic carbocycles. The second-order valence-electron chi connectivity index (χ2n) is 9.95. The van der Waals surface area contributed by atoms with E-state index in [1.54, 1.807) is 0 Å². The molecule has 0 amide bonds. The minimum atomic E-state index is -0.275. The summed E-state index contributed by atoms with van der Waals surface area (Å²) in [4.78, 5) is 0. The van der Waals surface area contributed by atoms with E-state index in [9.17, 15) is 0 Å². The molecule has 4 aliphatic rings. The van der Waals surface area contributed by atoms with Crippen LogP contribution in [0.1, 0.15) is 40.7 Å². The normalized spacial score (nSPS) is 29.4. The lowest BCUT2D eigenvalue weighted by Crippen LogP contribution is -2.34. The molecule has 0 bridgehead atoms. The Morgan fingerprint density at radius 2 is 1.44 bits per heavy atom. The molecule has 4 saturated heterocycles. The molecule has 32 heavy (non-hydrogen) atoms. The van der Waals surface area contributed by atoms with Gasteiger partial charge in [0.1, 0.15) is 0 Å². The predicted molar refractivity (Wildman–Crippen MR) is 123 cm³/mol. The standard InChI is InChI=1S/C26H32N2O4/c1-15-16(5-19-11-29-19)6-24(23(25(15)28)8-20-12-30-20)26(9-21-13-31-21,10-22-14-32-22)17-3-2-4-18(27)7-17/h2-4,6-7,19-22H,5,8-14,27-28H2,1H3. The van der Waals surface area contributed by atoms with Crippen LogP contribution in [0.15, 0.2) is 30.3 Å². The van der Waals surface area contributed by atoms with Crippen molar-refractivity contribution in [3.63, 3.8) is 0 Å². The van der Waals surface area contributed by atoms with Gasteiger partial charge in [0, 0.05) is 29.6 Å². The zero-order chi connectivity index (χ0) is 21.9. The Balaban J connectivity index is 1.56. The van der Waals surface area contributed by atoms with Crippen LogP contribution < -0.4 is 11.5 Å². The Morgan fingerprint density at radius 1 is 0.844 bits per heavy atom. The fourth-order valence-corrected chi connectivity index (χ4v) is 5.30. The molecule has 4 unspecified atom stereocenters. The average molecular weight is 437 g/mol. The fourth-order valence-electron chi connectivity index (χ4n) is 5.30. The summed E-state index contributed by atoms with van der Waals surface area (Å²) in [6, 6.07) is 10.7. The van der Waals surface area contributed by atoms with Crippen LogP contribution in [0, 0.1) is 6.92 Å². The molecule has 4 N–H and O–H groups in total. The summed E-state index contributed by atoms with van der Waals surface area (Å²) in [5.41, 5.74) is 20.7. The van der Waals surface area contributed by atoms with Gasteiger partial charge in [0.05, 0.1) is 50.8 Å². The highest BCUT2D eigenvalue weighted by atomic mass is 16.6. The third-order valence-electron chi connectivity index (χ3n) is 7.45. The number of nitrogens with two attached hydrogens (primary N) is 2. The third-order valence-corrected chi connectivity index (χ3v) is 7.45.